The first kappa shape index (κ1) is 8.42. The summed E-state index contributed by atoms with van der Waals surface area (Å²) in [6.45, 7) is 1.07. The van der Waals surface area contributed by atoms with E-state index in [2.05, 4.69) is 22.0 Å². The van der Waals surface area contributed by atoms with E-state index in [0.29, 0.717) is 0 Å². The van der Waals surface area contributed by atoms with Crippen LogP contribution in [-0.4, -0.2) is 22.0 Å². The van der Waals surface area contributed by atoms with Crippen LogP contribution >= 0.6 is 0 Å². The van der Waals surface area contributed by atoms with Crippen LogP contribution in [0.4, 0.5) is 0 Å². The van der Waals surface area contributed by atoms with E-state index in [1.54, 1.807) is 0 Å². The van der Waals surface area contributed by atoms with Gasteiger partial charge in [-0.05, 0) is 37.8 Å². The molecule has 0 amide bonds. The van der Waals surface area contributed by atoms with Gasteiger partial charge >= 0.3 is 0 Å². The molecule has 0 aliphatic carbocycles. The molecule has 1 aromatic heterocycles. The molecule has 14 heavy (non-hydrogen) atoms. The summed E-state index contributed by atoms with van der Waals surface area (Å²) in [4.78, 5) is 7.05. The summed E-state index contributed by atoms with van der Waals surface area (Å²) in [7, 11) is 0. The van der Waals surface area contributed by atoms with Gasteiger partial charge in [0.1, 0.15) is 0 Å². The van der Waals surface area contributed by atoms with Gasteiger partial charge in [0, 0.05) is 24.8 Å². The van der Waals surface area contributed by atoms with E-state index in [4.69, 9.17) is 0 Å². The highest BCUT2D eigenvalue weighted by Gasteiger charge is 2.38. The molecule has 2 saturated heterocycles. The van der Waals surface area contributed by atoms with E-state index < -0.39 is 0 Å². The molecule has 2 aliphatic rings. The van der Waals surface area contributed by atoms with Gasteiger partial charge in [0.05, 0.1) is 5.69 Å². The Bertz CT molecular complexity index is 289. The molecule has 2 bridgehead atoms. The van der Waals surface area contributed by atoms with Crippen LogP contribution in [0.25, 0.3) is 0 Å². The van der Waals surface area contributed by atoms with Crippen molar-refractivity contribution in [3.63, 3.8) is 0 Å². The quantitative estimate of drug-likeness (QED) is 0.707. The van der Waals surface area contributed by atoms with Crippen LogP contribution in [0.2, 0.25) is 0 Å². The molecule has 2 aliphatic heterocycles. The van der Waals surface area contributed by atoms with Crippen molar-refractivity contribution in [1.29, 1.82) is 0 Å². The molecule has 0 saturated carbocycles. The summed E-state index contributed by atoms with van der Waals surface area (Å²) in [5, 5.41) is 0. The van der Waals surface area contributed by atoms with Gasteiger partial charge in [-0.1, -0.05) is 6.07 Å². The average molecular weight is 188 g/mol. The minimum Gasteiger partial charge on any atom is -0.292 e. The minimum absolute atomic E-state index is 0.863. The number of pyridine rings is 1. The number of aromatic nitrogens is 1. The highest BCUT2D eigenvalue weighted by molar-refractivity contribution is 5.06. The van der Waals surface area contributed by atoms with Gasteiger partial charge in [0.25, 0.3) is 0 Å². The topological polar surface area (TPSA) is 16.1 Å². The van der Waals surface area contributed by atoms with Crippen molar-refractivity contribution >= 4 is 0 Å². The molecule has 0 atom stereocenters. The van der Waals surface area contributed by atoms with Gasteiger partial charge in [-0.15, -0.1) is 0 Å². The molecule has 0 spiro atoms. The van der Waals surface area contributed by atoms with E-state index in [1.807, 2.05) is 12.3 Å². The fourth-order valence-electron chi connectivity index (χ4n) is 2.96. The molecule has 74 valence electrons. The molecule has 2 heteroatoms. The Morgan fingerprint density at radius 3 is 2.43 bits per heavy atom. The maximum Gasteiger partial charge on any atom is 0.0544 e. The fourth-order valence-corrected chi connectivity index (χ4v) is 2.96. The van der Waals surface area contributed by atoms with Crippen LogP contribution in [-0.2, 0) is 6.54 Å². The lowest BCUT2D eigenvalue weighted by Gasteiger charge is -2.20. The molecule has 2 fully saturated rings. The number of rotatable bonds is 2. The van der Waals surface area contributed by atoms with E-state index in [-0.39, 0.29) is 0 Å². The second-order valence-corrected chi connectivity index (χ2v) is 4.46. The molecule has 3 heterocycles. The maximum atomic E-state index is 4.40. The molecular formula is C12H16N2. The van der Waals surface area contributed by atoms with Crippen LogP contribution in [0.3, 0.4) is 0 Å². The highest BCUT2D eigenvalue weighted by Crippen LogP contribution is 2.37. The van der Waals surface area contributed by atoms with Crippen molar-refractivity contribution in [1.82, 2.24) is 9.88 Å². The van der Waals surface area contributed by atoms with Crippen LogP contribution in [0.5, 0.6) is 0 Å². The Balaban J connectivity index is 1.74. The van der Waals surface area contributed by atoms with Crippen molar-refractivity contribution in [2.45, 2.75) is 44.3 Å². The SMILES string of the molecule is c1ccc(CN2C3CCC2CC3)nc1. The van der Waals surface area contributed by atoms with Crippen LogP contribution in [0.15, 0.2) is 24.4 Å². The van der Waals surface area contributed by atoms with Crippen molar-refractivity contribution < 1.29 is 0 Å². The minimum atomic E-state index is 0.863. The first-order chi connectivity index (χ1) is 6.93. The van der Waals surface area contributed by atoms with Gasteiger partial charge < -0.3 is 0 Å². The second kappa shape index (κ2) is 3.35. The first-order valence-electron chi connectivity index (χ1n) is 5.59. The third-order valence-corrected chi connectivity index (χ3v) is 3.67. The smallest absolute Gasteiger partial charge is 0.0544 e. The van der Waals surface area contributed by atoms with Gasteiger partial charge in [-0.3, -0.25) is 9.88 Å². The van der Waals surface area contributed by atoms with E-state index >= 15 is 0 Å². The third-order valence-electron chi connectivity index (χ3n) is 3.67. The van der Waals surface area contributed by atoms with Crippen molar-refractivity contribution in [3.8, 4) is 0 Å². The summed E-state index contributed by atoms with van der Waals surface area (Å²) in [5.41, 5.74) is 1.23. The Labute approximate surface area is 85.0 Å². The van der Waals surface area contributed by atoms with Gasteiger partial charge in [-0.25, -0.2) is 0 Å². The Morgan fingerprint density at radius 2 is 1.86 bits per heavy atom. The van der Waals surface area contributed by atoms with Crippen molar-refractivity contribution in [2.24, 2.45) is 0 Å². The number of hydrogen-bond donors (Lipinski definition) is 0. The van der Waals surface area contributed by atoms with E-state index in [1.165, 1.54) is 31.4 Å². The lowest BCUT2D eigenvalue weighted by molar-refractivity contribution is 0.241. The molecular weight excluding hydrogens is 172 g/mol. The zero-order valence-electron chi connectivity index (χ0n) is 8.39. The summed E-state index contributed by atoms with van der Waals surface area (Å²) < 4.78 is 0. The largest absolute Gasteiger partial charge is 0.292 e. The zero-order valence-corrected chi connectivity index (χ0v) is 8.39. The number of nitrogens with zero attached hydrogens (tertiary/aromatic N) is 2. The third kappa shape index (κ3) is 1.34. The summed E-state index contributed by atoms with van der Waals surface area (Å²) in [6.07, 6.45) is 7.55. The fraction of sp³-hybridized carbons (Fsp3) is 0.583. The zero-order chi connectivity index (χ0) is 9.38. The number of fused-ring (bicyclic) bond motifs is 2. The number of hydrogen-bond acceptors (Lipinski definition) is 2. The highest BCUT2D eigenvalue weighted by atomic mass is 15.2. The van der Waals surface area contributed by atoms with Gasteiger partial charge in [0.2, 0.25) is 0 Å². The lowest BCUT2D eigenvalue weighted by Crippen LogP contribution is -2.28. The van der Waals surface area contributed by atoms with Crippen LogP contribution in [0.1, 0.15) is 31.4 Å². The molecule has 0 unspecified atom stereocenters. The standard InChI is InChI=1S/C12H16N2/c1-2-8-13-10(3-1)9-14-11-4-5-12(14)7-6-11/h1-3,8,11-12H,4-7,9H2. The van der Waals surface area contributed by atoms with E-state index in [9.17, 15) is 0 Å². The van der Waals surface area contributed by atoms with Crippen molar-refractivity contribution in [3.05, 3.63) is 30.1 Å². The van der Waals surface area contributed by atoms with Crippen molar-refractivity contribution in [2.75, 3.05) is 0 Å². The molecule has 3 rings (SSSR count). The molecule has 1 aromatic rings. The van der Waals surface area contributed by atoms with Crippen LogP contribution < -0.4 is 0 Å². The van der Waals surface area contributed by atoms with Gasteiger partial charge in [-0.2, -0.15) is 0 Å². The van der Waals surface area contributed by atoms with Gasteiger partial charge in [0.15, 0.2) is 0 Å². The molecule has 0 aromatic carbocycles. The Kier molecular flexibility index (Phi) is 2.02. The van der Waals surface area contributed by atoms with Crippen LogP contribution in [0, 0.1) is 0 Å². The predicted octanol–water partition coefficient (Wildman–Crippen LogP) is 2.21. The van der Waals surface area contributed by atoms with E-state index in [0.717, 1.165) is 18.6 Å². The normalized spacial score (nSPS) is 31.1. The average Bonchev–Trinajstić information content (AvgIpc) is 2.80. The Morgan fingerprint density at radius 1 is 1.14 bits per heavy atom. The summed E-state index contributed by atoms with van der Waals surface area (Å²) in [5.74, 6) is 0. The maximum absolute atomic E-state index is 4.40. The lowest BCUT2D eigenvalue weighted by atomic mass is 10.0. The molecule has 0 N–H and O–H groups in total. The molecule has 2 nitrogen and oxygen atoms in total. The monoisotopic (exact) mass is 188 g/mol. The summed E-state index contributed by atoms with van der Waals surface area (Å²) in [6, 6.07) is 7.93. The predicted molar refractivity (Wildman–Crippen MR) is 55.8 cm³/mol. The summed E-state index contributed by atoms with van der Waals surface area (Å²) >= 11 is 0. The Hall–Kier alpha value is -0.890. The second-order valence-electron chi connectivity index (χ2n) is 4.46. The molecule has 0 radical (unpaired) electrons. The first-order valence-corrected chi connectivity index (χ1v) is 5.59.